The second-order valence-electron chi connectivity index (χ2n) is 6.76. The summed E-state index contributed by atoms with van der Waals surface area (Å²) >= 11 is 0. The Balaban J connectivity index is 1.52. The van der Waals surface area contributed by atoms with Crippen molar-refractivity contribution in [3.63, 3.8) is 0 Å². The molecule has 4 rings (SSSR count). The van der Waals surface area contributed by atoms with Crippen LogP contribution in [0.3, 0.4) is 0 Å². The van der Waals surface area contributed by atoms with E-state index in [9.17, 15) is 9.18 Å². The predicted molar refractivity (Wildman–Crippen MR) is 105 cm³/mol. The molecule has 1 aliphatic heterocycles. The molecule has 0 atom stereocenters. The van der Waals surface area contributed by atoms with E-state index in [-0.39, 0.29) is 11.6 Å². The van der Waals surface area contributed by atoms with Crippen LogP contribution >= 0.6 is 0 Å². The molecule has 0 aliphatic carbocycles. The molecule has 1 saturated heterocycles. The van der Waals surface area contributed by atoms with Crippen molar-refractivity contribution in [1.82, 2.24) is 14.7 Å². The number of rotatable bonds is 5. The van der Waals surface area contributed by atoms with Gasteiger partial charge in [0.25, 0.3) is 5.91 Å². The minimum absolute atomic E-state index is 0.179. The minimum atomic E-state index is -0.436. The van der Waals surface area contributed by atoms with E-state index in [0.29, 0.717) is 24.4 Å². The molecule has 1 fully saturated rings. The Morgan fingerprint density at radius 3 is 2.86 bits per heavy atom. The highest BCUT2D eigenvalue weighted by atomic mass is 19.1. The van der Waals surface area contributed by atoms with Gasteiger partial charge in [-0.15, -0.1) is 0 Å². The zero-order valence-corrected chi connectivity index (χ0v) is 15.8. The smallest absolute Gasteiger partial charge is 0.270 e. The monoisotopic (exact) mass is 382 g/mol. The number of anilines is 1. The lowest BCUT2D eigenvalue weighted by Gasteiger charge is -2.29. The fourth-order valence-electron chi connectivity index (χ4n) is 3.52. The van der Waals surface area contributed by atoms with Crippen LogP contribution in [0.1, 0.15) is 28.7 Å². The van der Waals surface area contributed by atoms with Gasteiger partial charge in [0.2, 0.25) is 0 Å². The van der Waals surface area contributed by atoms with Gasteiger partial charge in [-0.3, -0.25) is 9.20 Å². The molecule has 7 heteroatoms. The number of ether oxygens (including phenoxy) is 1. The number of amides is 1. The maximum absolute atomic E-state index is 14.0. The van der Waals surface area contributed by atoms with Gasteiger partial charge in [-0.25, -0.2) is 9.37 Å². The normalized spacial score (nSPS) is 14.4. The van der Waals surface area contributed by atoms with E-state index in [2.05, 4.69) is 27.3 Å². The standard InChI is InChI=1S/C21H23FN4O2/c1-2-18-19(26-8-4-7-17(22)20(26)24-18)21(27)23-14-15-5-3-6-16(13-15)25-9-11-28-12-10-25/h3-8,13H,2,9-12,14H2,1H3,(H,23,27). The first-order valence-electron chi connectivity index (χ1n) is 9.52. The molecular formula is C21H23FN4O2. The summed E-state index contributed by atoms with van der Waals surface area (Å²) in [4.78, 5) is 19.4. The number of benzene rings is 1. The molecule has 0 radical (unpaired) electrons. The van der Waals surface area contributed by atoms with Gasteiger partial charge in [-0.2, -0.15) is 0 Å². The third kappa shape index (κ3) is 3.57. The number of halogens is 1. The van der Waals surface area contributed by atoms with Crippen LogP contribution in [0, 0.1) is 5.82 Å². The van der Waals surface area contributed by atoms with Gasteiger partial charge in [-0.05, 0) is 36.2 Å². The molecule has 3 heterocycles. The van der Waals surface area contributed by atoms with E-state index in [1.54, 1.807) is 12.3 Å². The molecule has 3 aromatic rings. The number of carbonyl (C=O) groups is 1. The number of morpholine rings is 1. The average molecular weight is 382 g/mol. The predicted octanol–water partition coefficient (Wildman–Crippen LogP) is 2.80. The van der Waals surface area contributed by atoms with Crippen LogP contribution in [0.15, 0.2) is 42.6 Å². The summed E-state index contributed by atoms with van der Waals surface area (Å²) in [5.74, 6) is -0.693. The highest BCUT2D eigenvalue weighted by Gasteiger charge is 2.20. The number of fused-ring (bicyclic) bond motifs is 1. The van der Waals surface area contributed by atoms with Crippen molar-refractivity contribution in [2.45, 2.75) is 19.9 Å². The number of nitrogens with zero attached hydrogens (tertiary/aromatic N) is 3. The maximum atomic E-state index is 14.0. The summed E-state index contributed by atoms with van der Waals surface area (Å²) in [7, 11) is 0. The molecule has 1 aliphatic rings. The van der Waals surface area contributed by atoms with Crippen molar-refractivity contribution in [2.75, 3.05) is 31.2 Å². The second-order valence-corrected chi connectivity index (χ2v) is 6.76. The summed E-state index contributed by atoms with van der Waals surface area (Å²) in [6.45, 7) is 5.48. The Hall–Kier alpha value is -2.93. The van der Waals surface area contributed by atoms with Crippen LogP contribution in [-0.2, 0) is 17.7 Å². The highest BCUT2D eigenvalue weighted by molar-refractivity contribution is 5.94. The van der Waals surface area contributed by atoms with Crippen LogP contribution in [-0.4, -0.2) is 41.6 Å². The van der Waals surface area contributed by atoms with E-state index >= 15 is 0 Å². The number of aryl methyl sites for hydroxylation is 1. The van der Waals surface area contributed by atoms with Gasteiger partial charge in [0, 0.05) is 31.5 Å². The van der Waals surface area contributed by atoms with Crippen LogP contribution in [0.4, 0.5) is 10.1 Å². The van der Waals surface area contributed by atoms with Crippen molar-refractivity contribution in [1.29, 1.82) is 0 Å². The zero-order chi connectivity index (χ0) is 19.5. The molecule has 6 nitrogen and oxygen atoms in total. The van der Waals surface area contributed by atoms with Crippen LogP contribution in [0.25, 0.3) is 5.65 Å². The molecule has 1 N–H and O–H groups in total. The lowest BCUT2D eigenvalue weighted by molar-refractivity contribution is 0.0944. The van der Waals surface area contributed by atoms with Crippen LogP contribution in [0.5, 0.6) is 0 Å². The quantitative estimate of drug-likeness (QED) is 0.737. The van der Waals surface area contributed by atoms with E-state index < -0.39 is 5.82 Å². The summed E-state index contributed by atoms with van der Waals surface area (Å²) in [5.41, 5.74) is 3.29. The van der Waals surface area contributed by atoms with Crippen molar-refractivity contribution >= 4 is 17.2 Å². The third-order valence-corrected chi connectivity index (χ3v) is 4.96. The lowest BCUT2D eigenvalue weighted by atomic mass is 10.1. The third-order valence-electron chi connectivity index (χ3n) is 4.96. The molecule has 146 valence electrons. The van der Waals surface area contributed by atoms with E-state index in [4.69, 9.17) is 4.74 Å². The number of imidazole rings is 1. The van der Waals surface area contributed by atoms with Crippen molar-refractivity contribution in [3.8, 4) is 0 Å². The summed E-state index contributed by atoms with van der Waals surface area (Å²) in [6.07, 6.45) is 2.22. The molecule has 28 heavy (non-hydrogen) atoms. The van der Waals surface area contributed by atoms with Gasteiger partial charge >= 0.3 is 0 Å². The second kappa shape index (κ2) is 7.98. The first-order chi connectivity index (χ1) is 13.7. The first-order valence-corrected chi connectivity index (χ1v) is 9.52. The number of pyridine rings is 1. The van der Waals surface area contributed by atoms with Crippen LogP contribution < -0.4 is 10.2 Å². The zero-order valence-electron chi connectivity index (χ0n) is 15.8. The molecule has 0 bridgehead atoms. The molecule has 0 saturated carbocycles. The van der Waals surface area contributed by atoms with E-state index in [0.717, 1.165) is 37.6 Å². The van der Waals surface area contributed by atoms with Crippen molar-refractivity contribution in [3.05, 3.63) is 65.4 Å². The number of aromatic nitrogens is 2. The minimum Gasteiger partial charge on any atom is -0.378 e. The number of nitrogens with one attached hydrogen (secondary N) is 1. The first kappa shape index (κ1) is 18.4. The summed E-state index contributed by atoms with van der Waals surface area (Å²) < 4.78 is 20.9. The van der Waals surface area contributed by atoms with E-state index in [1.165, 1.54) is 10.5 Å². The van der Waals surface area contributed by atoms with Gasteiger partial charge < -0.3 is 15.0 Å². The summed E-state index contributed by atoms with van der Waals surface area (Å²) in [5, 5.41) is 2.95. The molecule has 1 amide bonds. The van der Waals surface area contributed by atoms with Gasteiger partial charge in [0.1, 0.15) is 5.69 Å². The maximum Gasteiger partial charge on any atom is 0.270 e. The average Bonchev–Trinajstić information content (AvgIpc) is 3.13. The fourth-order valence-corrected chi connectivity index (χ4v) is 3.52. The fraction of sp³-hybridized carbons (Fsp3) is 0.333. The molecular weight excluding hydrogens is 359 g/mol. The number of hydrogen-bond donors (Lipinski definition) is 1. The topological polar surface area (TPSA) is 58.9 Å². The Labute approximate surface area is 162 Å². The largest absolute Gasteiger partial charge is 0.378 e. The van der Waals surface area contributed by atoms with Gasteiger partial charge in [0.15, 0.2) is 11.5 Å². The Kier molecular flexibility index (Phi) is 5.25. The number of hydrogen-bond acceptors (Lipinski definition) is 4. The SMILES string of the molecule is CCc1nc2c(F)cccn2c1C(=O)NCc1cccc(N2CCOCC2)c1. The molecule has 2 aromatic heterocycles. The Morgan fingerprint density at radius 1 is 1.25 bits per heavy atom. The van der Waals surface area contributed by atoms with E-state index in [1.807, 2.05) is 19.1 Å². The highest BCUT2D eigenvalue weighted by Crippen LogP contribution is 2.19. The molecule has 0 spiro atoms. The van der Waals surface area contributed by atoms with Crippen molar-refractivity contribution < 1.29 is 13.9 Å². The Morgan fingerprint density at radius 2 is 2.07 bits per heavy atom. The Bertz CT molecular complexity index is 995. The summed E-state index contributed by atoms with van der Waals surface area (Å²) in [6, 6.07) is 11.1. The van der Waals surface area contributed by atoms with Gasteiger partial charge in [0.05, 0.1) is 18.9 Å². The lowest BCUT2D eigenvalue weighted by Crippen LogP contribution is -2.36. The molecule has 1 aromatic carbocycles. The van der Waals surface area contributed by atoms with Crippen LogP contribution in [0.2, 0.25) is 0 Å². The van der Waals surface area contributed by atoms with Crippen molar-refractivity contribution in [2.24, 2.45) is 0 Å². The van der Waals surface area contributed by atoms with Gasteiger partial charge in [-0.1, -0.05) is 19.1 Å². The number of carbonyl (C=O) groups excluding carboxylic acids is 1. The molecule has 0 unspecified atom stereocenters.